The van der Waals surface area contributed by atoms with Crippen molar-refractivity contribution < 1.29 is 0 Å². The molecule has 0 fully saturated rings. The fraction of sp³-hybridized carbons (Fsp3) is 0.364. The molecule has 0 unspecified atom stereocenters. The SMILES string of the molecule is CC(C)(C)n1ccc2cnc(N)cc21. The van der Waals surface area contributed by atoms with E-state index in [2.05, 4.69) is 42.6 Å². The van der Waals surface area contributed by atoms with Crippen LogP contribution in [0.1, 0.15) is 20.8 Å². The maximum Gasteiger partial charge on any atom is 0.125 e. The molecule has 14 heavy (non-hydrogen) atoms. The first-order chi connectivity index (χ1) is 6.48. The Hall–Kier alpha value is -1.51. The lowest BCUT2D eigenvalue weighted by Crippen LogP contribution is -2.20. The number of nitrogens with zero attached hydrogens (tertiary/aromatic N) is 2. The number of hydrogen-bond acceptors (Lipinski definition) is 2. The molecular formula is C11H15N3. The molecule has 0 amide bonds. The zero-order chi connectivity index (χ0) is 10.3. The fourth-order valence-electron chi connectivity index (χ4n) is 1.63. The lowest BCUT2D eigenvalue weighted by molar-refractivity contribution is 0.411. The van der Waals surface area contributed by atoms with Crippen LogP contribution in [0.5, 0.6) is 0 Å². The second-order valence-electron chi connectivity index (χ2n) is 4.52. The van der Waals surface area contributed by atoms with Crippen LogP contribution in [0, 0.1) is 0 Å². The van der Waals surface area contributed by atoms with Crippen molar-refractivity contribution in [3.05, 3.63) is 24.5 Å². The quantitative estimate of drug-likeness (QED) is 0.691. The van der Waals surface area contributed by atoms with Crippen molar-refractivity contribution in [3.8, 4) is 0 Å². The molecule has 0 bridgehead atoms. The summed E-state index contributed by atoms with van der Waals surface area (Å²) in [5.41, 5.74) is 6.89. The van der Waals surface area contributed by atoms with E-state index in [-0.39, 0.29) is 5.54 Å². The van der Waals surface area contributed by atoms with Crippen molar-refractivity contribution in [1.29, 1.82) is 0 Å². The third-order valence-corrected chi connectivity index (χ3v) is 2.32. The van der Waals surface area contributed by atoms with Crippen LogP contribution in [-0.4, -0.2) is 9.55 Å². The van der Waals surface area contributed by atoms with Crippen molar-refractivity contribution in [2.75, 3.05) is 5.73 Å². The van der Waals surface area contributed by atoms with Crippen LogP contribution < -0.4 is 5.73 Å². The number of aromatic nitrogens is 2. The van der Waals surface area contributed by atoms with Crippen molar-refractivity contribution in [2.45, 2.75) is 26.3 Å². The van der Waals surface area contributed by atoms with Gasteiger partial charge in [0.1, 0.15) is 5.82 Å². The van der Waals surface area contributed by atoms with Gasteiger partial charge in [-0.1, -0.05) is 0 Å². The molecule has 74 valence electrons. The standard InChI is InChI=1S/C11H15N3/c1-11(2,3)14-5-4-8-7-13-10(12)6-9(8)14/h4-7H,1-3H3,(H2,12,13). The minimum absolute atomic E-state index is 0.0789. The van der Waals surface area contributed by atoms with E-state index in [1.54, 1.807) is 0 Å². The van der Waals surface area contributed by atoms with Gasteiger partial charge in [0.05, 0.1) is 5.52 Å². The summed E-state index contributed by atoms with van der Waals surface area (Å²) in [7, 11) is 0. The largest absolute Gasteiger partial charge is 0.384 e. The zero-order valence-corrected chi connectivity index (χ0v) is 8.78. The summed E-state index contributed by atoms with van der Waals surface area (Å²) < 4.78 is 2.21. The molecule has 3 heteroatoms. The lowest BCUT2D eigenvalue weighted by Gasteiger charge is -2.22. The number of rotatable bonds is 0. The lowest BCUT2D eigenvalue weighted by atomic mass is 10.1. The summed E-state index contributed by atoms with van der Waals surface area (Å²) in [4.78, 5) is 4.07. The molecule has 0 aliphatic heterocycles. The van der Waals surface area contributed by atoms with Crippen molar-refractivity contribution in [3.63, 3.8) is 0 Å². The Morgan fingerprint density at radius 2 is 2.07 bits per heavy atom. The summed E-state index contributed by atoms with van der Waals surface area (Å²) in [6.45, 7) is 6.51. The van der Waals surface area contributed by atoms with Crippen LogP contribution >= 0.6 is 0 Å². The van der Waals surface area contributed by atoms with Crippen LogP contribution in [0.25, 0.3) is 10.9 Å². The molecule has 2 aromatic heterocycles. The van der Waals surface area contributed by atoms with Crippen LogP contribution in [0.15, 0.2) is 24.5 Å². The number of nitrogens with two attached hydrogens (primary N) is 1. The van der Waals surface area contributed by atoms with Gasteiger partial charge in [0, 0.05) is 29.4 Å². The Labute approximate surface area is 83.6 Å². The molecule has 0 radical (unpaired) electrons. The normalized spacial score (nSPS) is 12.2. The van der Waals surface area contributed by atoms with Gasteiger partial charge in [-0.3, -0.25) is 0 Å². The van der Waals surface area contributed by atoms with Gasteiger partial charge < -0.3 is 10.3 Å². The van der Waals surface area contributed by atoms with Gasteiger partial charge in [0.25, 0.3) is 0 Å². The molecule has 3 nitrogen and oxygen atoms in total. The predicted molar refractivity (Wildman–Crippen MR) is 59.1 cm³/mol. The Balaban J connectivity index is 2.73. The highest BCUT2D eigenvalue weighted by Gasteiger charge is 2.14. The molecule has 0 saturated heterocycles. The minimum atomic E-state index is 0.0789. The highest BCUT2D eigenvalue weighted by atomic mass is 15.0. The van der Waals surface area contributed by atoms with E-state index in [1.165, 1.54) is 0 Å². The summed E-state index contributed by atoms with van der Waals surface area (Å²) in [6, 6.07) is 3.98. The van der Waals surface area contributed by atoms with Crippen LogP contribution in [0.4, 0.5) is 5.82 Å². The summed E-state index contributed by atoms with van der Waals surface area (Å²) >= 11 is 0. The first-order valence-corrected chi connectivity index (χ1v) is 4.71. The number of pyridine rings is 1. The first kappa shape index (κ1) is 9.06. The van der Waals surface area contributed by atoms with Gasteiger partial charge >= 0.3 is 0 Å². The second-order valence-corrected chi connectivity index (χ2v) is 4.52. The molecule has 0 aromatic carbocycles. The molecule has 0 aliphatic rings. The van der Waals surface area contributed by atoms with E-state index < -0.39 is 0 Å². The monoisotopic (exact) mass is 189 g/mol. The minimum Gasteiger partial charge on any atom is -0.384 e. The summed E-state index contributed by atoms with van der Waals surface area (Å²) in [5.74, 6) is 0.571. The smallest absolute Gasteiger partial charge is 0.125 e. The van der Waals surface area contributed by atoms with Gasteiger partial charge in [-0.15, -0.1) is 0 Å². The summed E-state index contributed by atoms with van der Waals surface area (Å²) in [6.07, 6.45) is 3.89. The van der Waals surface area contributed by atoms with Crippen LogP contribution in [0.2, 0.25) is 0 Å². The van der Waals surface area contributed by atoms with Crippen molar-refractivity contribution in [2.24, 2.45) is 0 Å². The van der Waals surface area contributed by atoms with Gasteiger partial charge in [-0.05, 0) is 26.8 Å². The highest BCUT2D eigenvalue weighted by molar-refractivity contribution is 5.81. The molecule has 2 heterocycles. The number of fused-ring (bicyclic) bond motifs is 1. The molecule has 2 N–H and O–H groups in total. The molecule has 0 atom stereocenters. The second kappa shape index (κ2) is 2.74. The van der Waals surface area contributed by atoms with Gasteiger partial charge in [0.15, 0.2) is 0 Å². The Bertz CT molecular complexity index is 463. The van der Waals surface area contributed by atoms with E-state index in [0.717, 1.165) is 10.9 Å². The number of nitrogen functional groups attached to an aromatic ring is 1. The molecule has 0 aliphatic carbocycles. The first-order valence-electron chi connectivity index (χ1n) is 4.71. The van der Waals surface area contributed by atoms with Gasteiger partial charge in [0.2, 0.25) is 0 Å². The fourth-order valence-corrected chi connectivity index (χ4v) is 1.63. The van der Waals surface area contributed by atoms with Gasteiger partial charge in [-0.25, -0.2) is 4.98 Å². The average molecular weight is 189 g/mol. The Kier molecular flexibility index (Phi) is 1.77. The zero-order valence-electron chi connectivity index (χ0n) is 8.78. The predicted octanol–water partition coefficient (Wildman–Crippen LogP) is 2.37. The highest BCUT2D eigenvalue weighted by Crippen LogP contribution is 2.24. The third kappa shape index (κ3) is 1.35. The Morgan fingerprint density at radius 1 is 1.36 bits per heavy atom. The molecule has 2 rings (SSSR count). The van der Waals surface area contributed by atoms with Crippen LogP contribution in [-0.2, 0) is 5.54 Å². The van der Waals surface area contributed by atoms with E-state index >= 15 is 0 Å². The van der Waals surface area contributed by atoms with Gasteiger partial charge in [-0.2, -0.15) is 0 Å². The van der Waals surface area contributed by atoms with Crippen molar-refractivity contribution in [1.82, 2.24) is 9.55 Å². The maximum atomic E-state index is 5.67. The average Bonchev–Trinajstić information content (AvgIpc) is 2.45. The maximum absolute atomic E-state index is 5.67. The number of hydrogen-bond donors (Lipinski definition) is 1. The van der Waals surface area contributed by atoms with Crippen molar-refractivity contribution >= 4 is 16.7 Å². The molecular weight excluding hydrogens is 174 g/mol. The van der Waals surface area contributed by atoms with E-state index in [9.17, 15) is 0 Å². The van der Waals surface area contributed by atoms with Crippen LogP contribution in [0.3, 0.4) is 0 Å². The molecule has 2 aromatic rings. The Morgan fingerprint density at radius 3 is 2.71 bits per heavy atom. The molecule has 0 saturated carbocycles. The van der Waals surface area contributed by atoms with E-state index in [1.807, 2.05) is 12.3 Å². The van der Waals surface area contributed by atoms with E-state index in [0.29, 0.717) is 5.82 Å². The topological polar surface area (TPSA) is 43.8 Å². The van der Waals surface area contributed by atoms with E-state index in [4.69, 9.17) is 5.73 Å². The summed E-state index contributed by atoms with van der Waals surface area (Å²) in [5, 5.41) is 1.13. The molecule has 0 spiro atoms. The third-order valence-electron chi connectivity index (χ3n) is 2.32. The number of anilines is 1.